The minimum absolute atomic E-state index is 0.0305. The van der Waals surface area contributed by atoms with Crippen LogP contribution in [-0.2, 0) is 28.5 Å². The molecule has 2 fully saturated rings. The molecule has 0 aliphatic carbocycles. The van der Waals surface area contributed by atoms with Crippen LogP contribution in [0.4, 0.5) is 9.59 Å². The van der Waals surface area contributed by atoms with Crippen molar-refractivity contribution in [3.63, 3.8) is 0 Å². The monoisotopic (exact) mass is 484 g/mol. The molecule has 2 unspecified atom stereocenters. The van der Waals surface area contributed by atoms with Gasteiger partial charge in [0.05, 0.1) is 18.4 Å². The zero-order chi connectivity index (χ0) is 24.4. The van der Waals surface area contributed by atoms with Gasteiger partial charge in [-0.1, -0.05) is 25.3 Å². The molecular weight excluding hydrogens is 452 g/mol. The average Bonchev–Trinajstić information content (AvgIpc) is 3.04. The fraction of sp³-hybridized carbons (Fsp3) is 0.636. The Morgan fingerprint density at radius 3 is 2.58 bits per heavy atom. The van der Waals surface area contributed by atoms with Crippen LogP contribution in [0.3, 0.4) is 0 Å². The molecule has 2 amide bonds. The predicted molar refractivity (Wildman–Crippen MR) is 121 cm³/mol. The molecule has 2 saturated heterocycles. The number of amides is 2. The highest BCUT2D eigenvalue weighted by Crippen LogP contribution is 2.50. The molecule has 0 spiro atoms. The van der Waals surface area contributed by atoms with Gasteiger partial charge in [0.1, 0.15) is 25.2 Å². The van der Waals surface area contributed by atoms with Gasteiger partial charge >= 0.3 is 18.2 Å². The van der Waals surface area contributed by atoms with Crippen molar-refractivity contribution < 1.29 is 38.1 Å². The molecule has 0 aromatic carbocycles. The summed E-state index contributed by atoms with van der Waals surface area (Å²) < 4.78 is 20.0. The van der Waals surface area contributed by atoms with Crippen LogP contribution >= 0.6 is 11.8 Å². The number of alkyl carbamates (subject to hydrolysis) is 1. The van der Waals surface area contributed by atoms with Crippen LogP contribution in [0.15, 0.2) is 25.3 Å². The van der Waals surface area contributed by atoms with Gasteiger partial charge in [0, 0.05) is 17.8 Å². The zero-order valence-electron chi connectivity index (χ0n) is 19.0. The Bertz CT molecular complexity index is 746. The molecule has 0 saturated carbocycles. The highest BCUT2D eigenvalue weighted by molar-refractivity contribution is 8.01. The third-order valence-corrected chi connectivity index (χ3v) is 7.12. The number of nitrogens with one attached hydrogen (secondary N) is 1. The molecule has 184 valence electrons. The number of carbonyl (C=O) groups is 4. The fourth-order valence-corrected chi connectivity index (χ4v) is 5.64. The number of β-lactam (4-membered cyclic amide) rings is 1. The molecule has 1 N–H and O–H groups in total. The van der Waals surface area contributed by atoms with Crippen LogP contribution in [0.25, 0.3) is 0 Å². The molecule has 10 nitrogen and oxygen atoms in total. The summed E-state index contributed by atoms with van der Waals surface area (Å²) in [6.07, 6.45) is 2.36. The molecule has 2 rings (SSSR count). The number of hydrogen-bond acceptors (Lipinski definition) is 9. The van der Waals surface area contributed by atoms with E-state index in [4.69, 9.17) is 18.9 Å². The molecule has 33 heavy (non-hydrogen) atoms. The van der Waals surface area contributed by atoms with E-state index in [9.17, 15) is 19.2 Å². The molecule has 11 heteroatoms. The lowest BCUT2D eigenvalue weighted by atomic mass is 9.90. The number of hydrogen-bond donors (Lipinski definition) is 1. The second kappa shape index (κ2) is 13.1. The number of fused-ring (bicyclic) bond motifs is 1. The second-order valence-corrected chi connectivity index (χ2v) is 9.04. The molecule has 5 atom stereocenters. The number of nitrogens with zero attached hydrogens (tertiary/aromatic N) is 1. The van der Waals surface area contributed by atoms with Crippen LogP contribution in [0.2, 0.25) is 0 Å². The lowest BCUT2D eigenvalue weighted by molar-refractivity contribution is -0.159. The summed E-state index contributed by atoms with van der Waals surface area (Å²) in [7, 11) is 0. The smallest absolute Gasteiger partial charge is 0.466 e. The zero-order valence-corrected chi connectivity index (χ0v) is 19.8. The van der Waals surface area contributed by atoms with E-state index in [1.807, 2.05) is 11.8 Å². The molecule has 2 heterocycles. The van der Waals surface area contributed by atoms with Crippen molar-refractivity contribution in [1.29, 1.82) is 0 Å². The maximum absolute atomic E-state index is 12.6. The highest BCUT2D eigenvalue weighted by atomic mass is 32.2. The number of ether oxygens (including phenoxy) is 4. The van der Waals surface area contributed by atoms with Crippen LogP contribution < -0.4 is 5.32 Å². The molecule has 2 aliphatic heterocycles. The van der Waals surface area contributed by atoms with Crippen LogP contribution in [-0.4, -0.2) is 78.2 Å². The Hall–Kier alpha value is -2.69. The van der Waals surface area contributed by atoms with Crippen molar-refractivity contribution in [2.75, 3.05) is 26.4 Å². The van der Waals surface area contributed by atoms with E-state index in [0.717, 1.165) is 6.42 Å². The summed E-state index contributed by atoms with van der Waals surface area (Å²) >= 11 is 1.68. The van der Waals surface area contributed by atoms with Gasteiger partial charge < -0.3 is 29.2 Å². The summed E-state index contributed by atoms with van der Waals surface area (Å²) in [6.45, 7) is 11.2. The molecule has 0 bridgehead atoms. The largest absolute Gasteiger partial charge is 0.508 e. The van der Waals surface area contributed by atoms with Gasteiger partial charge in [0.15, 0.2) is 0 Å². The number of rotatable bonds is 13. The van der Waals surface area contributed by atoms with Crippen LogP contribution in [0.1, 0.15) is 33.1 Å². The minimum Gasteiger partial charge on any atom is -0.466 e. The number of thioether (sulfide) groups is 1. The first-order valence-electron chi connectivity index (χ1n) is 10.9. The first-order chi connectivity index (χ1) is 15.8. The number of esters is 1. The topological polar surface area (TPSA) is 120 Å². The van der Waals surface area contributed by atoms with E-state index in [-0.39, 0.29) is 55.4 Å². The Labute approximate surface area is 198 Å². The average molecular weight is 485 g/mol. The molecule has 2 aliphatic rings. The maximum atomic E-state index is 12.6. The predicted octanol–water partition coefficient (Wildman–Crippen LogP) is 2.63. The Balaban J connectivity index is 1.66. The molecular formula is C22H32N2O8S. The van der Waals surface area contributed by atoms with E-state index in [1.54, 1.807) is 18.7 Å². The summed E-state index contributed by atoms with van der Waals surface area (Å²) in [4.78, 5) is 49.2. The molecule has 0 aromatic rings. The fourth-order valence-electron chi connectivity index (χ4n) is 3.69. The first kappa shape index (κ1) is 26.6. The van der Waals surface area contributed by atoms with Gasteiger partial charge in [-0.25, -0.2) is 9.59 Å². The Kier molecular flexibility index (Phi) is 10.6. The highest BCUT2D eigenvalue weighted by Gasteiger charge is 2.59. The van der Waals surface area contributed by atoms with Gasteiger partial charge in [-0.05, 0) is 26.7 Å². The van der Waals surface area contributed by atoms with Gasteiger partial charge in [0.25, 0.3) is 0 Å². The first-order valence-corrected chi connectivity index (χ1v) is 11.8. The molecule has 0 aromatic heterocycles. The van der Waals surface area contributed by atoms with Crippen molar-refractivity contribution in [3.05, 3.63) is 25.3 Å². The van der Waals surface area contributed by atoms with Crippen molar-refractivity contribution in [2.24, 2.45) is 5.92 Å². The van der Waals surface area contributed by atoms with Gasteiger partial charge in [-0.15, -0.1) is 11.8 Å². The molecule has 0 radical (unpaired) electrons. The van der Waals surface area contributed by atoms with Crippen LogP contribution in [0.5, 0.6) is 0 Å². The normalized spacial score (nSPS) is 24.1. The van der Waals surface area contributed by atoms with Gasteiger partial charge in [-0.3, -0.25) is 9.59 Å². The van der Waals surface area contributed by atoms with E-state index >= 15 is 0 Å². The Morgan fingerprint density at radius 2 is 1.88 bits per heavy atom. The van der Waals surface area contributed by atoms with Crippen LogP contribution in [0, 0.1) is 5.92 Å². The minimum atomic E-state index is -0.813. The SMILES string of the molecule is C=CCOC(=O)NCCC(=O)OCCCC1S[C@@H]2[C@@H]([C@@H](C)OC(=O)OCC=C)C(=O)N2C1C. The van der Waals surface area contributed by atoms with E-state index in [1.165, 1.54) is 12.2 Å². The third-order valence-electron chi connectivity index (χ3n) is 5.35. The standard InChI is InChI=1S/C22H32N2O8S/c1-5-11-30-21(27)23-10-9-17(25)29-13-7-8-16-14(3)24-19(26)18(20(24)33-16)15(4)32-22(28)31-12-6-2/h5-6,14-16,18,20H,1-2,7-13H2,3-4H3,(H,23,27)/t14?,15-,16?,18+,20-/m1/s1. The summed E-state index contributed by atoms with van der Waals surface area (Å²) in [5.74, 6) is -0.834. The van der Waals surface area contributed by atoms with E-state index in [2.05, 4.69) is 18.5 Å². The summed E-state index contributed by atoms with van der Waals surface area (Å²) in [6, 6.07) is 0.0464. The van der Waals surface area contributed by atoms with E-state index < -0.39 is 30.2 Å². The van der Waals surface area contributed by atoms with E-state index in [0.29, 0.717) is 6.42 Å². The third kappa shape index (κ3) is 7.41. The quantitative estimate of drug-likeness (QED) is 0.138. The van der Waals surface area contributed by atoms with Crippen molar-refractivity contribution in [1.82, 2.24) is 10.2 Å². The van der Waals surface area contributed by atoms with Crippen molar-refractivity contribution in [3.8, 4) is 0 Å². The van der Waals surface area contributed by atoms with Crippen molar-refractivity contribution in [2.45, 2.75) is 55.9 Å². The lowest BCUT2D eigenvalue weighted by Gasteiger charge is -2.45. The second-order valence-electron chi connectivity index (χ2n) is 7.68. The summed E-state index contributed by atoms with van der Waals surface area (Å²) in [5, 5.41) is 2.60. The Morgan fingerprint density at radius 1 is 1.18 bits per heavy atom. The summed E-state index contributed by atoms with van der Waals surface area (Å²) in [5.41, 5.74) is 0. The maximum Gasteiger partial charge on any atom is 0.508 e. The van der Waals surface area contributed by atoms with Crippen molar-refractivity contribution >= 4 is 35.9 Å². The number of carbonyl (C=O) groups excluding carboxylic acids is 4. The lowest BCUT2D eigenvalue weighted by Crippen LogP contribution is -2.62. The van der Waals surface area contributed by atoms with Gasteiger partial charge in [0.2, 0.25) is 5.91 Å². The van der Waals surface area contributed by atoms with Gasteiger partial charge in [-0.2, -0.15) is 0 Å².